The number of aromatic nitrogens is 2. The van der Waals surface area contributed by atoms with Gasteiger partial charge in [-0.1, -0.05) is 47.6 Å². The van der Waals surface area contributed by atoms with E-state index >= 15 is 0 Å². The van der Waals surface area contributed by atoms with Gasteiger partial charge in [-0.25, -0.2) is 0 Å². The Balaban J connectivity index is 1.24. The first-order valence-electron chi connectivity index (χ1n) is 10.7. The van der Waals surface area contributed by atoms with Crippen LogP contribution in [0.1, 0.15) is 12.0 Å². The van der Waals surface area contributed by atoms with Gasteiger partial charge in [0.15, 0.2) is 0 Å². The van der Waals surface area contributed by atoms with E-state index in [0.29, 0.717) is 23.9 Å². The second kappa shape index (κ2) is 8.70. The lowest BCUT2D eigenvalue weighted by atomic mass is 10.1. The molecule has 0 radical (unpaired) electrons. The molecule has 1 N–H and O–H groups in total. The van der Waals surface area contributed by atoms with E-state index < -0.39 is 5.92 Å². The highest BCUT2D eigenvalue weighted by molar-refractivity contribution is 6.03. The summed E-state index contributed by atoms with van der Waals surface area (Å²) in [4.78, 5) is 31.4. The quantitative estimate of drug-likeness (QED) is 0.488. The van der Waals surface area contributed by atoms with Gasteiger partial charge in [-0.05, 0) is 48.9 Å². The minimum absolute atomic E-state index is 0.0401. The summed E-state index contributed by atoms with van der Waals surface area (Å²) in [6, 6.07) is 24.6. The minimum Gasteiger partial charge on any atom is -0.334 e. The molecule has 2 heterocycles. The minimum atomic E-state index is -0.401. The molecule has 0 saturated carbocycles. The number of hydrogen-bond donors (Lipinski definition) is 1. The third kappa shape index (κ3) is 4.39. The maximum absolute atomic E-state index is 12.8. The number of amides is 2. The Hall–Kier alpha value is -4.26. The molecule has 5 rings (SSSR count). The fourth-order valence-corrected chi connectivity index (χ4v) is 3.91. The topological polar surface area (TPSA) is 88.3 Å². The molecule has 164 valence electrons. The molecule has 1 saturated heterocycles. The fraction of sp³-hybridized carbons (Fsp3) is 0.154. The third-order valence-electron chi connectivity index (χ3n) is 5.67. The van der Waals surface area contributed by atoms with Crippen LogP contribution in [0.4, 0.5) is 11.4 Å². The Morgan fingerprint density at radius 1 is 1.00 bits per heavy atom. The molecule has 1 aromatic heterocycles. The number of benzene rings is 3. The van der Waals surface area contributed by atoms with Crippen molar-refractivity contribution in [3.63, 3.8) is 0 Å². The fourth-order valence-electron chi connectivity index (χ4n) is 3.91. The lowest BCUT2D eigenvalue weighted by molar-refractivity contribution is -0.122. The average molecular weight is 438 g/mol. The summed E-state index contributed by atoms with van der Waals surface area (Å²) in [7, 11) is 0. The van der Waals surface area contributed by atoms with Gasteiger partial charge in [0.2, 0.25) is 17.6 Å². The van der Waals surface area contributed by atoms with Crippen molar-refractivity contribution in [3.8, 4) is 22.8 Å². The highest BCUT2D eigenvalue weighted by atomic mass is 16.5. The van der Waals surface area contributed by atoms with Crippen LogP contribution in [-0.2, 0) is 9.59 Å². The van der Waals surface area contributed by atoms with Crippen LogP contribution in [-0.4, -0.2) is 28.5 Å². The first-order valence-corrected chi connectivity index (χ1v) is 10.7. The Morgan fingerprint density at radius 2 is 1.79 bits per heavy atom. The smallest absolute Gasteiger partial charge is 0.258 e. The standard InChI is InChI=1S/C26H22N4O3/c1-17-6-5-9-22(14-17)30-16-20(15-23(30)31)25(32)27-21-12-10-19(11-13-21)26-28-24(29-33-26)18-7-3-2-4-8-18/h2-14,20H,15-16H2,1H3,(H,27,32). The van der Waals surface area contributed by atoms with Gasteiger partial charge in [0.1, 0.15) is 0 Å². The SMILES string of the molecule is Cc1cccc(N2CC(C(=O)Nc3ccc(-c4nc(-c5ccccc5)no4)cc3)CC2=O)c1. The molecule has 4 aromatic rings. The van der Waals surface area contributed by atoms with Crippen LogP contribution in [0.3, 0.4) is 0 Å². The number of nitrogens with zero attached hydrogens (tertiary/aromatic N) is 3. The lowest BCUT2D eigenvalue weighted by Gasteiger charge is -2.17. The second-order valence-electron chi connectivity index (χ2n) is 8.10. The number of carbonyl (C=O) groups excluding carboxylic acids is 2. The summed E-state index contributed by atoms with van der Waals surface area (Å²) in [5, 5.41) is 6.95. The number of rotatable bonds is 5. The summed E-state index contributed by atoms with van der Waals surface area (Å²) in [5.74, 6) is 0.313. The van der Waals surface area contributed by atoms with Crippen LogP contribution in [0.25, 0.3) is 22.8 Å². The van der Waals surface area contributed by atoms with E-state index in [1.165, 1.54) is 0 Å². The molecule has 1 aliphatic heterocycles. The molecule has 7 nitrogen and oxygen atoms in total. The highest BCUT2D eigenvalue weighted by Gasteiger charge is 2.35. The van der Waals surface area contributed by atoms with E-state index in [1.807, 2.05) is 73.7 Å². The van der Waals surface area contributed by atoms with Crippen molar-refractivity contribution in [2.75, 3.05) is 16.8 Å². The van der Waals surface area contributed by atoms with Crippen LogP contribution in [0.15, 0.2) is 83.4 Å². The molecular weight excluding hydrogens is 416 g/mol. The maximum Gasteiger partial charge on any atom is 0.258 e. The summed E-state index contributed by atoms with van der Waals surface area (Å²) in [6.07, 6.45) is 0.197. The zero-order valence-electron chi connectivity index (χ0n) is 18.1. The normalized spacial score (nSPS) is 15.6. The zero-order valence-corrected chi connectivity index (χ0v) is 18.1. The summed E-state index contributed by atoms with van der Waals surface area (Å²) >= 11 is 0. The predicted molar refractivity (Wildman–Crippen MR) is 125 cm³/mol. The Morgan fingerprint density at radius 3 is 2.55 bits per heavy atom. The van der Waals surface area contributed by atoms with Crippen molar-refractivity contribution in [1.82, 2.24) is 10.1 Å². The van der Waals surface area contributed by atoms with Crippen molar-refractivity contribution in [2.45, 2.75) is 13.3 Å². The van der Waals surface area contributed by atoms with Crippen molar-refractivity contribution < 1.29 is 14.1 Å². The molecule has 0 bridgehead atoms. The van der Waals surface area contributed by atoms with Crippen molar-refractivity contribution in [1.29, 1.82) is 0 Å². The van der Waals surface area contributed by atoms with Crippen molar-refractivity contribution >= 4 is 23.2 Å². The maximum atomic E-state index is 12.8. The van der Waals surface area contributed by atoms with Crippen LogP contribution in [0.5, 0.6) is 0 Å². The molecule has 1 unspecified atom stereocenters. The Bertz CT molecular complexity index is 1300. The first-order chi connectivity index (χ1) is 16.1. The van der Waals surface area contributed by atoms with E-state index in [-0.39, 0.29) is 18.2 Å². The van der Waals surface area contributed by atoms with E-state index in [4.69, 9.17) is 4.52 Å². The Labute approximate surface area is 191 Å². The van der Waals surface area contributed by atoms with Gasteiger partial charge in [-0.2, -0.15) is 4.98 Å². The van der Waals surface area contributed by atoms with Gasteiger partial charge in [0.05, 0.1) is 5.92 Å². The van der Waals surface area contributed by atoms with E-state index in [1.54, 1.807) is 17.0 Å². The van der Waals surface area contributed by atoms with Crippen LogP contribution in [0, 0.1) is 12.8 Å². The van der Waals surface area contributed by atoms with Gasteiger partial charge in [-0.15, -0.1) is 0 Å². The molecule has 1 atom stereocenters. The van der Waals surface area contributed by atoms with E-state index in [2.05, 4.69) is 15.5 Å². The largest absolute Gasteiger partial charge is 0.334 e. The number of anilines is 2. The molecule has 2 amide bonds. The van der Waals surface area contributed by atoms with E-state index in [9.17, 15) is 9.59 Å². The number of nitrogens with one attached hydrogen (secondary N) is 1. The third-order valence-corrected chi connectivity index (χ3v) is 5.67. The molecule has 0 spiro atoms. The monoisotopic (exact) mass is 438 g/mol. The van der Waals surface area contributed by atoms with Gasteiger partial charge in [-0.3, -0.25) is 9.59 Å². The van der Waals surface area contributed by atoms with Gasteiger partial charge in [0, 0.05) is 35.5 Å². The predicted octanol–water partition coefficient (Wildman–Crippen LogP) is 4.70. The molecule has 7 heteroatoms. The van der Waals surface area contributed by atoms with Gasteiger partial charge >= 0.3 is 0 Å². The van der Waals surface area contributed by atoms with E-state index in [0.717, 1.165) is 22.4 Å². The lowest BCUT2D eigenvalue weighted by Crippen LogP contribution is -2.28. The second-order valence-corrected chi connectivity index (χ2v) is 8.10. The first kappa shape index (κ1) is 20.6. The van der Waals surface area contributed by atoms with Crippen LogP contribution >= 0.6 is 0 Å². The summed E-state index contributed by atoms with van der Waals surface area (Å²) < 4.78 is 5.39. The van der Waals surface area contributed by atoms with Crippen LogP contribution in [0.2, 0.25) is 0 Å². The molecule has 0 aliphatic carbocycles. The van der Waals surface area contributed by atoms with Gasteiger partial charge in [0.25, 0.3) is 5.89 Å². The Kier molecular flexibility index (Phi) is 5.44. The molecule has 1 aliphatic rings. The molecule has 33 heavy (non-hydrogen) atoms. The molecular formula is C26H22N4O3. The molecule has 1 fully saturated rings. The van der Waals surface area contributed by atoms with Crippen molar-refractivity contribution in [3.05, 3.63) is 84.4 Å². The van der Waals surface area contributed by atoms with Crippen LogP contribution < -0.4 is 10.2 Å². The summed E-state index contributed by atoms with van der Waals surface area (Å²) in [5.41, 5.74) is 4.18. The average Bonchev–Trinajstić information content (AvgIpc) is 3.48. The number of carbonyl (C=O) groups is 2. The summed E-state index contributed by atoms with van der Waals surface area (Å²) in [6.45, 7) is 2.35. The number of aryl methyl sites for hydroxylation is 1. The molecule has 3 aromatic carbocycles. The van der Waals surface area contributed by atoms with Crippen molar-refractivity contribution in [2.24, 2.45) is 5.92 Å². The highest BCUT2D eigenvalue weighted by Crippen LogP contribution is 2.27. The number of hydrogen-bond acceptors (Lipinski definition) is 5. The van der Waals surface area contributed by atoms with Gasteiger partial charge < -0.3 is 14.7 Å². The zero-order chi connectivity index (χ0) is 22.8.